The number of carbonyl (C=O) groups is 3. The fourth-order valence-electron chi connectivity index (χ4n) is 5.47. The molecule has 0 aromatic heterocycles. The van der Waals surface area contributed by atoms with E-state index in [1.54, 1.807) is 16.7 Å². The minimum Gasteiger partial charge on any atom is -0.322 e. The number of hydrogen-bond acceptors (Lipinski definition) is 5. The maximum Gasteiger partial charge on any atom is 0.255 e. The first kappa shape index (κ1) is 22.8. The molecule has 2 aromatic carbocycles. The minimum absolute atomic E-state index is 0.121. The number of benzene rings is 2. The Morgan fingerprint density at radius 3 is 2.34 bits per heavy atom. The average molecular weight is 490 g/mol. The van der Waals surface area contributed by atoms with Crippen LogP contribution in [0, 0.1) is 11.8 Å². The Labute approximate surface area is 210 Å². The molecule has 6 rings (SSSR count). The number of piperidine rings is 1. The Morgan fingerprint density at radius 2 is 1.66 bits per heavy atom. The second-order valence-electron chi connectivity index (χ2n) is 10.4. The highest BCUT2D eigenvalue weighted by atomic mass is 32.2. The summed E-state index contributed by atoms with van der Waals surface area (Å²) in [6.07, 6.45) is 6.23. The monoisotopic (exact) mass is 489 g/mol. The van der Waals surface area contributed by atoms with Crippen LogP contribution in [0.2, 0.25) is 0 Å². The van der Waals surface area contributed by atoms with Crippen LogP contribution in [-0.4, -0.2) is 34.7 Å². The Balaban J connectivity index is 1.07. The lowest BCUT2D eigenvalue weighted by Crippen LogP contribution is -2.52. The molecule has 2 aliphatic carbocycles. The van der Waals surface area contributed by atoms with E-state index < -0.39 is 6.04 Å². The van der Waals surface area contributed by atoms with Gasteiger partial charge in [-0.2, -0.15) is 0 Å². The summed E-state index contributed by atoms with van der Waals surface area (Å²) in [4.78, 5) is 39.6. The second-order valence-corrected chi connectivity index (χ2v) is 11.4. The molecular weight excluding hydrogens is 458 g/mol. The van der Waals surface area contributed by atoms with Gasteiger partial charge in [0.05, 0.1) is 0 Å². The molecule has 35 heavy (non-hydrogen) atoms. The normalized spacial score (nSPS) is 22.0. The van der Waals surface area contributed by atoms with Gasteiger partial charge < -0.3 is 10.2 Å². The van der Waals surface area contributed by atoms with E-state index in [9.17, 15) is 14.4 Å². The van der Waals surface area contributed by atoms with E-state index >= 15 is 0 Å². The predicted molar refractivity (Wildman–Crippen MR) is 135 cm³/mol. The summed E-state index contributed by atoms with van der Waals surface area (Å²) in [7, 11) is 0. The number of thioether (sulfide) groups is 1. The van der Waals surface area contributed by atoms with Crippen molar-refractivity contribution in [3.05, 3.63) is 64.7 Å². The van der Waals surface area contributed by atoms with Gasteiger partial charge in [-0.25, -0.2) is 0 Å². The molecule has 1 atom stereocenters. The lowest BCUT2D eigenvalue weighted by molar-refractivity contribution is -0.136. The van der Waals surface area contributed by atoms with Gasteiger partial charge in [-0.05, 0) is 72.8 Å². The van der Waals surface area contributed by atoms with E-state index in [2.05, 4.69) is 41.0 Å². The van der Waals surface area contributed by atoms with E-state index in [0.29, 0.717) is 24.6 Å². The smallest absolute Gasteiger partial charge is 0.255 e. The molecule has 0 spiro atoms. The average Bonchev–Trinajstić information content (AvgIpc) is 3.79. The largest absolute Gasteiger partial charge is 0.322 e. The highest BCUT2D eigenvalue weighted by molar-refractivity contribution is 7.98. The van der Waals surface area contributed by atoms with Crippen LogP contribution in [-0.2, 0) is 28.4 Å². The number of amides is 3. The molecule has 0 radical (unpaired) electrons. The Bertz CT molecular complexity index is 1140. The van der Waals surface area contributed by atoms with Gasteiger partial charge in [-0.15, -0.1) is 11.8 Å². The number of nitrogens with one attached hydrogen (secondary N) is 2. The zero-order chi connectivity index (χ0) is 23.9. The Morgan fingerprint density at radius 1 is 0.943 bits per heavy atom. The van der Waals surface area contributed by atoms with Crippen molar-refractivity contribution >= 4 is 29.5 Å². The van der Waals surface area contributed by atoms with E-state index in [1.165, 1.54) is 36.8 Å². The van der Waals surface area contributed by atoms with Crippen LogP contribution in [0.3, 0.4) is 0 Å². The number of rotatable bonds is 9. The first-order valence-corrected chi connectivity index (χ1v) is 13.8. The number of imide groups is 1. The van der Waals surface area contributed by atoms with Crippen molar-refractivity contribution < 1.29 is 14.4 Å². The van der Waals surface area contributed by atoms with Crippen molar-refractivity contribution in [1.29, 1.82) is 0 Å². The van der Waals surface area contributed by atoms with E-state index in [-0.39, 0.29) is 24.1 Å². The lowest BCUT2D eigenvalue weighted by Gasteiger charge is -2.29. The molecule has 2 aliphatic heterocycles. The summed E-state index contributed by atoms with van der Waals surface area (Å²) >= 11 is 1.73. The molecule has 182 valence electrons. The molecular formula is C28H31N3O3S. The molecule has 0 bridgehead atoms. The summed E-state index contributed by atoms with van der Waals surface area (Å²) < 4.78 is 0. The van der Waals surface area contributed by atoms with Crippen molar-refractivity contribution in [2.45, 2.75) is 74.3 Å². The summed E-state index contributed by atoms with van der Waals surface area (Å²) in [5.74, 6) is 1.88. The maximum absolute atomic E-state index is 13.0. The molecule has 2 N–H and O–H groups in total. The zero-order valence-corrected chi connectivity index (χ0v) is 20.6. The van der Waals surface area contributed by atoms with Gasteiger partial charge in [0.1, 0.15) is 6.04 Å². The van der Waals surface area contributed by atoms with Crippen LogP contribution in [0.1, 0.15) is 65.6 Å². The van der Waals surface area contributed by atoms with Crippen LogP contribution in [0.25, 0.3) is 0 Å². The van der Waals surface area contributed by atoms with Crippen LogP contribution < -0.4 is 10.6 Å². The van der Waals surface area contributed by atoms with E-state index in [1.807, 2.05) is 12.1 Å². The summed E-state index contributed by atoms with van der Waals surface area (Å²) in [6.45, 7) is 1.35. The number of fused-ring (bicyclic) bond motifs is 1. The first-order valence-electron chi connectivity index (χ1n) is 12.8. The van der Waals surface area contributed by atoms with Gasteiger partial charge in [0.2, 0.25) is 11.8 Å². The molecule has 3 amide bonds. The maximum atomic E-state index is 13.0. The Hall–Kier alpha value is -2.64. The highest BCUT2D eigenvalue weighted by Crippen LogP contribution is 2.44. The van der Waals surface area contributed by atoms with Crippen molar-refractivity contribution in [3.63, 3.8) is 0 Å². The van der Waals surface area contributed by atoms with Crippen molar-refractivity contribution in [3.8, 4) is 0 Å². The fraction of sp³-hybridized carbons (Fsp3) is 0.464. The SMILES string of the molecule is O=C1CCC(N2Cc3c(SCc4ccc(CNC(C5CC5)C5CC5)cc4)cccc3C2=O)C(=O)N1. The number of carbonyl (C=O) groups excluding carboxylic acids is 3. The zero-order valence-electron chi connectivity index (χ0n) is 19.8. The molecule has 2 saturated carbocycles. The third-order valence-electron chi connectivity index (χ3n) is 7.76. The summed E-state index contributed by atoms with van der Waals surface area (Å²) in [5, 5.41) is 6.19. The third kappa shape index (κ3) is 4.89. The molecule has 6 nitrogen and oxygen atoms in total. The van der Waals surface area contributed by atoms with Crippen LogP contribution >= 0.6 is 11.8 Å². The van der Waals surface area contributed by atoms with Crippen molar-refractivity contribution in [1.82, 2.24) is 15.5 Å². The van der Waals surface area contributed by atoms with Gasteiger partial charge >= 0.3 is 0 Å². The van der Waals surface area contributed by atoms with Crippen molar-refractivity contribution in [2.24, 2.45) is 11.8 Å². The highest BCUT2D eigenvalue weighted by Gasteiger charge is 2.41. The molecule has 2 heterocycles. The van der Waals surface area contributed by atoms with Gasteiger partial charge in [0.15, 0.2) is 0 Å². The molecule has 1 saturated heterocycles. The minimum atomic E-state index is -0.578. The van der Waals surface area contributed by atoms with Gasteiger partial charge in [0.25, 0.3) is 5.91 Å². The standard InChI is InChI=1S/C28H31N3O3S/c32-25-13-12-23(27(33)30-25)31-15-22-21(28(31)34)2-1-3-24(22)35-16-18-6-4-17(5-7-18)14-29-26(19-8-9-19)20-10-11-20/h1-7,19-20,23,26,29H,8-16H2,(H,30,32,33). The van der Waals surface area contributed by atoms with Crippen LogP contribution in [0.5, 0.6) is 0 Å². The topological polar surface area (TPSA) is 78.5 Å². The van der Waals surface area contributed by atoms with E-state index in [4.69, 9.17) is 0 Å². The lowest BCUT2D eigenvalue weighted by atomic mass is 10.0. The number of nitrogens with zero attached hydrogens (tertiary/aromatic N) is 1. The Kier molecular flexibility index (Phi) is 6.14. The van der Waals surface area contributed by atoms with Gasteiger partial charge in [-0.1, -0.05) is 30.3 Å². The van der Waals surface area contributed by atoms with Gasteiger partial charge in [0, 0.05) is 41.8 Å². The summed E-state index contributed by atoms with van der Waals surface area (Å²) in [6, 6.07) is 14.8. The predicted octanol–water partition coefficient (Wildman–Crippen LogP) is 4.02. The second kappa shape index (κ2) is 9.43. The summed E-state index contributed by atoms with van der Waals surface area (Å²) in [5.41, 5.74) is 4.24. The molecule has 7 heteroatoms. The van der Waals surface area contributed by atoms with E-state index in [0.717, 1.165) is 34.6 Å². The molecule has 2 aromatic rings. The third-order valence-corrected chi connectivity index (χ3v) is 8.93. The van der Waals surface area contributed by atoms with Gasteiger partial charge in [-0.3, -0.25) is 19.7 Å². The van der Waals surface area contributed by atoms with Crippen LogP contribution in [0.4, 0.5) is 0 Å². The molecule has 4 aliphatic rings. The molecule has 3 fully saturated rings. The first-order chi connectivity index (χ1) is 17.1. The quantitative estimate of drug-likeness (QED) is 0.411. The fourth-order valence-corrected chi connectivity index (χ4v) is 6.51. The van der Waals surface area contributed by atoms with Crippen molar-refractivity contribution in [2.75, 3.05) is 0 Å². The molecule has 1 unspecified atom stereocenters. The number of hydrogen-bond donors (Lipinski definition) is 2. The van der Waals surface area contributed by atoms with Crippen LogP contribution in [0.15, 0.2) is 47.4 Å².